The lowest BCUT2D eigenvalue weighted by Crippen LogP contribution is -2.35. The number of phenolic OH excluding ortho intramolecular Hbond substituents is 1. The molecule has 1 aromatic rings. The molecule has 1 aromatic carbocycles. The number of carbonyl (C=O) groups is 2. The molecule has 0 bridgehead atoms. The van der Waals surface area contributed by atoms with Gasteiger partial charge in [0.05, 0.1) is 51.6 Å². The second kappa shape index (κ2) is 10.1. The summed E-state index contributed by atoms with van der Waals surface area (Å²) >= 11 is 0. The first-order valence-corrected chi connectivity index (χ1v) is 10.4. The molecule has 2 aliphatic heterocycles. The molecule has 2 N–H and O–H groups in total. The summed E-state index contributed by atoms with van der Waals surface area (Å²) < 4.78 is 20.9. The second-order valence-corrected chi connectivity index (χ2v) is 7.74. The first-order chi connectivity index (χ1) is 15.3. The summed E-state index contributed by atoms with van der Waals surface area (Å²) in [6.45, 7) is 6.68. The Labute approximate surface area is 187 Å². The Bertz CT molecular complexity index is 923. The van der Waals surface area contributed by atoms with Crippen LogP contribution in [0.5, 0.6) is 11.5 Å². The number of rotatable bonds is 6. The van der Waals surface area contributed by atoms with E-state index in [0.29, 0.717) is 53.4 Å². The molecule has 2 aliphatic rings. The van der Waals surface area contributed by atoms with Crippen molar-refractivity contribution in [2.75, 3.05) is 47.6 Å². The molecule has 9 heteroatoms. The average Bonchev–Trinajstić information content (AvgIpc) is 2.79. The number of esters is 2. The van der Waals surface area contributed by atoms with Crippen molar-refractivity contribution in [2.45, 2.75) is 26.3 Å². The molecule has 0 radical (unpaired) electrons. The first-order valence-electron chi connectivity index (χ1n) is 10.4. The van der Waals surface area contributed by atoms with Crippen molar-refractivity contribution in [3.05, 3.63) is 45.8 Å². The van der Waals surface area contributed by atoms with Gasteiger partial charge >= 0.3 is 11.9 Å². The number of allylic oxidation sites excluding steroid dienone is 2. The predicted octanol–water partition coefficient (Wildman–Crippen LogP) is 1.81. The van der Waals surface area contributed by atoms with Crippen molar-refractivity contribution in [2.24, 2.45) is 0 Å². The molecular formula is C23H30N2O7. The first kappa shape index (κ1) is 23.6. The molecule has 174 valence electrons. The highest BCUT2D eigenvalue weighted by atomic mass is 16.5. The zero-order chi connectivity index (χ0) is 23.4. The van der Waals surface area contributed by atoms with E-state index >= 15 is 0 Å². The van der Waals surface area contributed by atoms with Gasteiger partial charge in [-0.15, -0.1) is 0 Å². The Morgan fingerprint density at radius 2 is 1.62 bits per heavy atom. The van der Waals surface area contributed by atoms with Crippen molar-refractivity contribution in [3.63, 3.8) is 0 Å². The van der Waals surface area contributed by atoms with Crippen LogP contribution < -0.4 is 10.1 Å². The number of methoxy groups -OCH3 is 3. The fourth-order valence-corrected chi connectivity index (χ4v) is 4.22. The quantitative estimate of drug-likeness (QED) is 0.633. The third kappa shape index (κ3) is 4.58. The Kier molecular flexibility index (Phi) is 7.42. The van der Waals surface area contributed by atoms with E-state index in [1.54, 1.807) is 26.0 Å². The third-order valence-electron chi connectivity index (χ3n) is 5.80. The van der Waals surface area contributed by atoms with Crippen LogP contribution in [0.1, 0.15) is 30.9 Å². The van der Waals surface area contributed by atoms with Crippen molar-refractivity contribution < 1.29 is 33.6 Å². The lowest BCUT2D eigenvalue weighted by atomic mass is 9.79. The summed E-state index contributed by atoms with van der Waals surface area (Å²) in [6, 6.07) is 3.44. The van der Waals surface area contributed by atoms with E-state index in [-0.39, 0.29) is 11.5 Å². The molecule has 0 aromatic heterocycles. The van der Waals surface area contributed by atoms with Gasteiger partial charge in [-0.2, -0.15) is 0 Å². The van der Waals surface area contributed by atoms with Crippen LogP contribution in [-0.4, -0.2) is 69.6 Å². The van der Waals surface area contributed by atoms with Crippen LogP contribution in [-0.2, 0) is 30.3 Å². The maximum atomic E-state index is 12.7. The molecule has 32 heavy (non-hydrogen) atoms. The number of dihydropyridines is 1. The second-order valence-electron chi connectivity index (χ2n) is 7.74. The molecule has 2 heterocycles. The van der Waals surface area contributed by atoms with Gasteiger partial charge in [-0.1, -0.05) is 0 Å². The van der Waals surface area contributed by atoms with Gasteiger partial charge in [-0.25, -0.2) is 9.59 Å². The minimum atomic E-state index is -0.755. The number of hydrogen-bond acceptors (Lipinski definition) is 9. The highest BCUT2D eigenvalue weighted by molar-refractivity contribution is 5.99. The van der Waals surface area contributed by atoms with Crippen LogP contribution in [0.4, 0.5) is 0 Å². The number of phenols is 1. The molecule has 1 saturated heterocycles. The molecule has 0 unspecified atom stereocenters. The van der Waals surface area contributed by atoms with Gasteiger partial charge in [-0.05, 0) is 31.5 Å². The SMILES string of the molecule is COC(=O)C1=C(C)NC(C)=C(C(=O)OC)C1c1cc(CN2CCOCC2)c(O)c(OC)c1. The van der Waals surface area contributed by atoms with E-state index in [9.17, 15) is 14.7 Å². The zero-order valence-corrected chi connectivity index (χ0v) is 19.1. The van der Waals surface area contributed by atoms with Crippen molar-refractivity contribution >= 4 is 11.9 Å². The number of benzene rings is 1. The number of morpholine rings is 1. The lowest BCUT2D eigenvalue weighted by molar-refractivity contribution is -0.137. The summed E-state index contributed by atoms with van der Waals surface area (Å²) in [7, 11) is 4.05. The third-order valence-corrected chi connectivity index (χ3v) is 5.80. The number of nitrogens with zero attached hydrogens (tertiary/aromatic N) is 1. The monoisotopic (exact) mass is 446 g/mol. The molecule has 0 saturated carbocycles. The summed E-state index contributed by atoms with van der Waals surface area (Å²) in [5.74, 6) is -1.59. The smallest absolute Gasteiger partial charge is 0.336 e. The van der Waals surface area contributed by atoms with E-state index < -0.39 is 17.9 Å². The fraction of sp³-hybridized carbons (Fsp3) is 0.478. The Morgan fingerprint density at radius 3 is 2.12 bits per heavy atom. The Hall–Kier alpha value is -3.04. The van der Waals surface area contributed by atoms with Crippen LogP contribution in [0, 0.1) is 0 Å². The van der Waals surface area contributed by atoms with E-state index in [2.05, 4.69) is 10.2 Å². The fourth-order valence-electron chi connectivity index (χ4n) is 4.22. The predicted molar refractivity (Wildman–Crippen MR) is 116 cm³/mol. The molecule has 0 amide bonds. The number of hydrogen-bond donors (Lipinski definition) is 2. The van der Waals surface area contributed by atoms with E-state index in [1.807, 2.05) is 0 Å². The van der Waals surface area contributed by atoms with Crippen molar-refractivity contribution in [1.29, 1.82) is 0 Å². The maximum Gasteiger partial charge on any atom is 0.336 e. The minimum absolute atomic E-state index is 0.0253. The van der Waals surface area contributed by atoms with E-state index in [0.717, 1.165) is 13.1 Å². The molecular weight excluding hydrogens is 416 g/mol. The van der Waals surface area contributed by atoms with Gasteiger partial charge in [0, 0.05) is 36.6 Å². The van der Waals surface area contributed by atoms with E-state index in [4.69, 9.17) is 18.9 Å². The zero-order valence-electron chi connectivity index (χ0n) is 19.1. The largest absolute Gasteiger partial charge is 0.504 e. The standard InChI is InChI=1S/C23H30N2O7/c1-13-18(22(27)30-4)20(19(14(2)24-13)23(28)31-5)15-10-16(21(26)17(11-15)29-3)12-25-6-8-32-9-7-25/h10-11,20,24,26H,6-9,12H2,1-5H3. The van der Waals surface area contributed by atoms with Crippen molar-refractivity contribution in [3.8, 4) is 11.5 Å². The van der Waals surface area contributed by atoms with Gasteiger partial charge in [0.25, 0.3) is 0 Å². The van der Waals surface area contributed by atoms with Crippen LogP contribution in [0.2, 0.25) is 0 Å². The summed E-state index contributed by atoms with van der Waals surface area (Å²) in [5.41, 5.74) is 2.99. The Morgan fingerprint density at radius 1 is 1.06 bits per heavy atom. The Balaban J connectivity index is 2.17. The minimum Gasteiger partial charge on any atom is -0.504 e. The summed E-state index contributed by atoms with van der Waals surface area (Å²) in [5, 5.41) is 13.9. The summed E-state index contributed by atoms with van der Waals surface area (Å²) in [6.07, 6.45) is 0. The van der Waals surface area contributed by atoms with Crippen LogP contribution >= 0.6 is 0 Å². The molecule has 3 rings (SSSR count). The molecule has 0 atom stereocenters. The average molecular weight is 447 g/mol. The van der Waals surface area contributed by atoms with Crippen LogP contribution in [0.25, 0.3) is 0 Å². The van der Waals surface area contributed by atoms with Crippen molar-refractivity contribution in [1.82, 2.24) is 10.2 Å². The number of nitrogens with one attached hydrogen (secondary N) is 1. The number of ether oxygens (including phenoxy) is 4. The number of carbonyl (C=O) groups excluding carboxylic acids is 2. The molecule has 0 spiro atoms. The van der Waals surface area contributed by atoms with Gasteiger partial charge in [0.1, 0.15) is 0 Å². The highest BCUT2D eigenvalue weighted by Crippen LogP contribution is 2.43. The van der Waals surface area contributed by atoms with E-state index in [1.165, 1.54) is 21.3 Å². The number of aromatic hydroxyl groups is 1. The van der Waals surface area contributed by atoms with Gasteiger partial charge < -0.3 is 29.4 Å². The summed E-state index contributed by atoms with van der Waals surface area (Å²) in [4.78, 5) is 27.7. The van der Waals surface area contributed by atoms with Crippen LogP contribution in [0.3, 0.4) is 0 Å². The van der Waals surface area contributed by atoms with Gasteiger partial charge in [-0.3, -0.25) is 4.90 Å². The maximum absolute atomic E-state index is 12.7. The molecule has 0 aliphatic carbocycles. The van der Waals surface area contributed by atoms with Crippen LogP contribution in [0.15, 0.2) is 34.7 Å². The van der Waals surface area contributed by atoms with Gasteiger partial charge in [0.2, 0.25) is 0 Å². The topological polar surface area (TPSA) is 107 Å². The normalized spacial score (nSPS) is 17.8. The lowest BCUT2D eigenvalue weighted by Gasteiger charge is -2.31. The van der Waals surface area contributed by atoms with Gasteiger partial charge in [0.15, 0.2) is 11.5 Å². The molecule has 1 fully saturated rings. The molecule has 9 nitrogen and oxygen atoms in total. The highest BCUT2D eigenvalue weighted by Gasteiger charge is 2.38.